The van der Waals surface area contributed by atoms with Crippen LogP contribution in [0.5, 0.6) is 0 Å². The highest BCUT2D eigenvalue weighted by Crippen LogP contribution is 1.98. The van der Waals surface area contributed by atoms with Crippen LogP contribution in [0.3, 0.4) is 0 Å². The van der Waals surface area contributed by atoms with Gasteiger partial charge in [-0.25, -0.2) is 5.84 Å². The van der Waals surface area contributed by atoms with Gasteiger partial charge in [-0.3, -0.25) is 9.80 Å². The van der Waals surface area contributed by atoms with E-state index < -0.39 is 0 Å². The fourth-order valence-electron chi connectivity index (χ4n) is 0.580. The topological polar surface area (TPSA) is 55.6 Å². The number of hydrogen-bond donors (Lipinski definition) is 1. The molecule has 0 saturated heterocycles. The smallest absolute Gasteiger partial charge is 0.262 e. The highest BCUT2D eigenvalue weighted by molar-refractivity contribution is 5.76. The average Bonchev–Trinajstić information content (AvgIpc) is 1.97. The lowest BCUT2D eigenvalue weighted by Crippen LogP contribution is -2.36. The number of carbonyl (C=O) groups excluding carboxylic acids is 1. The number of amides is 1. The molecule has 0 fully saturated rings. The fourth-order valence-corrected chi connectivity index (χ4v) is 0.580. The van der Waals surface area contributed by atoms with Gasteiger partial charge in [-0.05, 0) is 12.3 Å². The molecule has 0 rings (SSSR count). The summed E-state index contributed by atoms with van der Waals surface area (Å²) >= 11 is 0. The molecule has 0 aliphatic heterocycles. The van der Waals surface area contributed by atoms with Crippen LogP contribution in [-0.4, -0.2) is 31.2 Å². The average molecular weight is 174 g/mol. The Bertz CT molecular complexity index is 135. The summed E-state index contributed by atoms with van der Waals surface area (Å²) in [5, 5.41) is 1.04. The maximum Gasteiger partial charge on any atom is 0.262 e. The molecule has 4 heteroatoms. The van der Waals surface area contributed by atoms with Crippen molar-refractivity contribution in [3.63, 3.8) is 0 Å². The molecule has 0 unspecified atom stereocenters. The maximum atomic E-state index is 10.9. The second-order valence-corrected chi connectivity index (χ2v) is 3.24. The highest BCUT2D eigenvalue weighted by Gasteiger charge is 2.03. The number of hydrogen-bond acceptors (Lipinski definition) is 3. The minimum absolute atomic E-state index is 0.0831. The minimum atomic E-state index is -0.196. The molecular weight excluding hydrogens is 156 g/mol. The van der Waals surface area contributed by atoms with Gasteiger partial charge >= 0.3 is 0 Å². The van der Waals surface area contributed by atoms with Crippen molar-refractivity contribution in [2.75, 3.05) is 20.3 Å². The lowest BCUT2D eigenvalue weighted by molar-refractivity contribution is -0.135. The van der Waals surface area contributed by atoms with Crippen LogP contribution in [0.15, 0.2) is 0 Å². The Hall–Kier alpha value is -0.610. The lowest BCUT2D eigenvalue weighted by Gasteiger charge is -2.10. The van der Waals surface area contributed by atoms with Crippen molar-refractivity contribution < 1.29 is 9.53 Å². The molecule has 0 aromatic rings. The molecule has 0 spiro atoms. The molecule has 0 saturated carbocycles. The van der Waals surface area contributed by atoms with Gasteiger partial charge in [-0.2, -0.15) is 0 Å². The number of nitrogens with two attached hydrogens (primary N) is 1. The van der Waals surface area contributed by atoms with Gasteiger partial charge < -0.3 is 4.74 Å². The SMILES string of the molecule is CC(C)CCOCC(=O)N(C)N. The summed E-state index contributed by atoms with van der Waals surface area (Å²) in [6.45, 7) is 4.93. The Kier molecular flexibility index (Phi) is 5.66. The van der Waals surface area contributed by atoms with Crippen molar-refractivity contribution in [2.45, 2.75) is 20.3 Å². The molecule has 0 atom stereocenters. The summed E-state index contributed by atoms with van der Waals surface area (Å²) in [6.07, 6.45) is 0.974. The number of carbonyl (C=O) groups is 1. The zero-order valence-electron chi connectivity index (χ0n) is 8.04. The van der Waals surface area contributed by atoms with Crippen LogP contribution in [0.2, 0.25) is 0 Å². The van der Waals surface area contributed by atoms with Crippen molar-refractivity contribution in [1.82, 2.24) is 5.01 Å². The molecule has 72 valence electrons. The normalized spacial score (nSPS) is 10.4. The number of nitrogens with zero attached hydrogens (tertiary/aromatic N) is 1. The fraction of sp³-hybridized carbons (Fsp3) is 0.875. The third-order valence-electron chi connectivity index (χ3n) is 1.46. The van der Waals surface area contributed by atoms with Crippen LogP contribution in [0.25, 0.3) is 0 Å². The zero-order valence-corrected chi connectivity index (χ0v) is 8.04. The van der Waals surface area contributed by atoms with E-state index >= 15 is 0 Å². The molecule has 0 aliphatic rings. The Labute approximate surface area is 73.6 Å². The van der Waals surface area contributed by atoms with Crippen LogP contribution in [0.1, 0.15) is 20.3 Å². The van der Waals surface area contributed by atoms with Crippen molar-refractivity contribution >= 4 is 5.91 Å². The zero-order chi connectivity index (χ0) is 9.56. The van der Waals surface area contributed by atoms with E-state index in [2.05, 4.69) is 13.8 Å². The summed E-state index contributed by atoms with van der Waals surface area (Å²) < 4.78 is 5.10. The summed E-state index contributed by atoms with van der Waals surface area (Å²) in [4.78, 5) is 10.9. The van der Waals surface area contributed by atoms with Gasteiger partial charge in [-0.15, -0.1) is 0 Å². The van der Waals surface area contributed by atoms with E-state index in [1.807, 2.05) is 0 Å². The molecule has 0 aromatic carbocycles. The first kappa shape index (κ1) is 11.4. The van der Waals surface area contributed by atoms with Gasteiger partial charge in [0.2, 0.25) is 0 Å². The second kappa shape index (κ2) is 5.97. The van der Waals surface area contributed by atoms with Gasteiger partial charge in [0.1, 0.15) is 6.61 Å². The lowest BCUT2D eigenvalue weighted by atomic mass is 10.1. The first-order valence-electron chi connectivity index (χ1n) is 4.13. The first-order valence-corrected chi connectivity index (χ1v) is 4.13. The summed E-state index contributed by atoms with van der Waals surface area (Å²) in [6, 6.07) is 0. The van der Waals surface area contributed by atoms with E-state index in [-0.39, 0.29) is 12.5 Å². The van der Waals surface area contributed by atoms with Gasteiger partial charge in [0.15, 0.2) is 0 Å². The molecular formula is C8H18N2O2. The predicted octanol–water partition coefficient (Wildman–Crippen LogP) is 0.381. The molecule has 0 aromatic heterocycles. The Morgan fingerprint density at radius 3 is 2.58 bits per heavy atom. The first-order chi connectivity index (χ1) is 5.54. The summed E-state index contributed by atoms with van der Waals surface area (Å²) in [5.41, 5.74) is 0. The maximum absolute atomic E-state index is 10.9. The minimum Gasteiger partial charge on any atom is -0.372 e. The predicted molar refractivity (Wildman–Crippen MR) is 47.2 cm³/mol. The quantitative estimate of drug-likeness (QED) is 0.284. The van der Waals surface area contributed by atoms with Crippen molar-refractivity contribution in [3.05, 3.63) is 0 Å². The Morgan fingerprint density at radius 1 is 1.58 bits per heavy atom. The molecule has 0 bridgehead atoms. The number of likely N-dealkylation sites (N-methyl/N-ethyl adjacent to an activating group) is 1. The second-order valence-electron chi connectivity index (χ2n) is 3.24. The van der Waals surface area contributed by atoms with E-state index in [1.54, 1.807) is 0 Å². The molecule has 0 radical (unpaired) electrons. The third-order valence-corrected chi connectivity index (χ3v) is 1.46. The molecule has 0 aliphatic carbocycles. The third kappa shape index (κ3) is 6.12. The van der Waals surface area contributed by atoms with E-state index in [9.17, 15) is 4.79 Å². The van der Waals surface area contributed by atoms with Crippen LogP contribution in [0.4, 0.5) is 0 Å². The number of rotatable bonds is 5. The van der Waals surface area contributed by atoms with Crippen LogP contribution in [-0.2, 0) is 9.53 Å². The Balaban J connectivity index is 3.26. The number of ether oxygens (including phenoxy) is 1. The van der Waals surface area contributed by atoms with Crippen LogP contribution >= 0.6 is 0 Å². The van der Waals surface area contributed by atoms with E-state index in [0.717, 1.165) is 11.4 Å². The molecule has 1 amide bonds. The largest absolute Gasteiger partial charge is 0.372 e. The van der Waals surface area contributed by atoms with Crippen molar-refractivity contribution in [2.24, 2.45) is 11.8 Å². The Morgan fingerprint density at radius 2 is 2.17 bits per heavy atom. The summed E-state index contributed by atoms with van der Waals surface area (Å²) in [5.74, 6) is 5.59. The molecule has 2 N–H and O–H groups in total. The highest BCUT2D eigenvalue weighted by atomic mass is 16.5. The van der Waals surface area contributed by atoms with E-state index in [0.29, 0.717) is 12.5 Å². The van der Waals surface area contributed by atoms with E-state index in [4.69, 9.17) is 10.6 Å². The van der Waals surface area contributed by atoms with Crippen LogP contribution in [0, 0.1) is 5.92 Å². The standard InChI is InChI=1S/C8H18N2O2/c1-7(2)4-5-12-6-8(11)10(3)9/h7H,4-6,9H2,1-3H3. The van der Waals surface area contributed by atoms with Gasteiger partial charge in [-0.1, -0.05) is 13.8 Å². The van der Waals surface area contributed by atoms with Gasteiger partial charge in [0.25, 0.3) is 5.91 Å². The van der Waals surface area contributed by atoms with Crippen LogP contribution < -0.4 is 5.84 Å². The van der Waals surface area contributed by atoms with Crippen molar-refractivity contribution in [3.8, 4) is 0 Å². The van der Waals surface area contributed by atoms with Crippen molar-refractivity contribution in [1.29, 1.82) is 0 Å². The van der Waals surface area contributed by atoms with Gasteiger partial charge in [0, 0.05) is 13.7 Å². The monoisotopic (exact) mass is 174 g/mol. The molecule has 12 heavy (non-hydrogen) atoms. The van der Waals surface area contributed by atoms with E-state index in [1.165, 1.54) is 7.05 Å². The molecule has 0 heterocycles. The number of hydrazine groups is 1. The summed E-state index contributed by atoms with van der Waals surface area (Å²) in [7, 11) is 1.51. The van der Waals surface area contributed by atoms with Gasteiger partial charge in [0.05, 0.1) is 0 Å². The molecule has 4 nitrogen and oxygen atoms in total.